The van der Waals surface area contributed by atoms with Gasteiger partial charge in [-0.1, -0.05) is 23.8 Å². The van der Waals surface area contributed by atoms with Crippen LogP contribution in [0.4, 0.5) is 11.4 Å². The van der Waals surface area contributed by atoms with Crippen LogP contribution in [0.25, 0.3) is 0 Å². The van der Waals surface area contributed by atoms with Crippen molar-refractivity contribution in [3.63, 3.8) is 0 Å². The number of rotatable bonds is 5. The Morgan fingerprint density at radius 2 is 2.06 bits per heavy atom. The lowest BCUT2D eigenvalue weighted by Gasteiger charge is -2.29. The molecule has 2 aliphatic heterocycles. The van der Waals surface area contributed by atoms with Crippen LogP contribution in [0.2, 0.25) is 0 Å². The van der Waals surface area contributed by atoms with Gasteiger partial charge in [-0.3, -0.25) is 4.98 Å². The fraction of sp³-hybridized carbons (Fsp3) is 0.308. The lowest BCUT2D eigenvalue weighted by Crippen LogP contribution is -2.30. The Morgan fingerprint density at radius 1 is 1.16 bits per heavy atom. The van der Waals surface area contributed by atoms with Crippen LogP contribution < -0.4 is 10.2 Å². The van der Waals surface area contributed by atoms with Gasteiger partial charge >= 0.3 is 5.97 Å². The summed E-state index contributed by atoms with van der Waals surface area (Å²) in [4.78, 5) is 18.1. The van der Waals surface area contributed by atoms with Gasteiger partial charge in [-0.05, 0) is 85.7 Å². The number of pyridine rings is 1. The zero-order chi connectivity index (χ0) is 21.4. The van der Waals surface area contributed by atoms with Crippen molar-refractivity contribution in [3.05, 3.63) is 88.2 Å². The van der Waals surface area contributed by atoms with Crippen LogP contribution in [0.15, 0.2) is 54.9 Å². The Bertz CT molecular complexity index is 1140. The molecule has 0 unspecified atom stereocenters. The molecule has 0 amide bonds. The molecule has 3 aromatic rings. The van der Waals surface area contributed by atoms with E-state index in [1.165, 1.54) is 33.6 Å². The average molecular weight is 414 g/mol. The van der Waals surface area contributed by atoms with Crippen LogP contribution >= 0.6 is 0 Å². The summed E-state index contributed by atoms with van der Waals surface area (Å²) in [5.74, 6) is -0.889. The van der Waals surface area contributed by atoms with Crippen LogP contribution in [-0.4, -0.2) is 29.1 Å². The number of fused-ring (bicyclic) bond motifs is 2. The first-order valence-electron chi connectivity index (χ1n) is 11.0. The number of nitrogens with zero attached hydrogens (tertiary/aromatic N) is 2. The highest BCUT2D eigenvalue weighted by Crippen LogP contribution is 2.37. The van der Waals surface area contributed by atoms with Gasteiger partial charge in [0, 0.05) is 36.4 Å². The Morgan fingerprint density at radius 3 is 2.94 bits per heavy atom. The van der Waals surface area contributed by atoms with Crippen LogP contribution in [0.5, 0.6) is 0 Å². The summed E-state index contributed by atoms with van der Waals surface area (Å²) < 4.78 is 0. The number of aromatic carboxylic acids is 1. The van der Waals surface area contributed by atoms with Crippen molar-refractivity contribution < 1.29 is 9.90 Å². The number of aromatic nitrogens is 1. The van der Waals surface area contributed by atoms with Gasteiger partial charge in [0.1, 0.15) is 0 Å². The number of carboxylic acids is 1. The minimum atomic E-state index is -0.889. The number of anilines is 2. The van der Waals surface area contributed by atoms with Crippen molar-refractivity contribution in [1.29, 1.82) is 0 Å². The van der Waals surface area contributed by atoms with Gasteiger partial charge in [0.15, 0.2) is 0 Å². The smallest absolute Gasteiger partial charge is 0.336 e. The van der Waals surface area contributed by atoms with Crippen LogP contribution in [0.3, 0.4) is 0 Å². The molecule has 0 saturated heterocycles. The zero-order valence-corrected chi connectivity index (χ0v) is 17.8. The van der Waals surface area contributed by atoms with Crippen molar-refractivity contribution in [2.24, 2.45) is 0 Å². The van der Waals surface area contributed by atoms with Crippen LogP contribution in [0.1, 0.15) is 50.6 Å². The summed E-state index contributed by atoms with van der Waals surface area (Å²) >= 11 is 0. The molecule has 5 rings (SSSR count). The number of benzene rings is 2. The molecule has 0 saturated carbocycles. The Labute approximate surface area is 182 Å². The first kappa shape index (κ1) is 19.8. The summed E-state index contributed by atoms with van der Waals surface area (Å²) in [6, 6.07) is 15.4. The second kappa shape index (κ2) is 8.16. The molecule has 5 heteroatoms. The first-order chi connectivity index (χ1) is 15.1. The quantitative estimate of drug-likeness (QED) is 0.640. The van der Waals surface area contributed by atoms with E-state index in [1.54, 1.807) is 18.5 Å². The summed E-state index contributed by atoms with van der Waals surface area (Å²) in [7, 11) is 0. The predicted molar refractivity (Wildman–Crippen MR) is 122 cm³/mol. The second-order valence-corrected chi connectivity index (χ2v) is 8.55. The Kier molecular flexibility index (Phi) is 5.20. The number of carbonyl (C=O) groups is 1. The van der Waals surface area contributed by atoms with Crippen molar-refractivity contribution in [2.75, 3.05) is 18.0 Å². The number of nitrogens with one attached hydrogen (secondary N) is 1. The molecule has 0 aliphatic carbocycles. The highest BCUT2D eigenvalue weighted by molar-refractivity contribution is 5.89. The largest absolute Gasteiger partial charge is 0.478 e. The highest BCUT2D eigenvalue weighted by atomic mass is 16.4. The third-order valence-electron chi connectivity index (χ3n) is 6.57. The standard InChI is InChI=1S/C26H27N3O2/c1-17-2-7-25-19(14-17)10-13-29(25)21-4-5-22-18(15-21)8-12-28-24(22)6-3-20-16-27-11-9-23(20)26(30)31/h2,4-5,7,9,11,14-16,24,28H,3,6,8,10,12-13H2,1H3,(H,30,31)/t24-/m0/s1. The normalized spacial score (nSPS) is 17.3. The van der Waals surface area contributed by atoms with Crippen LogP contribution in [0, 0.1) is 6.92 Å². The van der Waals surface area contributed by atoms with Crippen molar-refractivity contribution in [3.8, 4) is 0 Å². The Hall–Kier alpha value is -3.18. The van der Waals surface area contributed by atoms with Crippen LogP contribution in [-0.2, 0) is 19.3 Å². The van der Waals surface area contributed by atoms with E-state index < -0.39 is 5.97 Å². The maximum atomic E-state index is 11.5. The summed E-state index contributed by atoms with van der Waals surface area (Å²) in [6.07, 6.45) is 6.87. The second-order valence-electron chi connectivity index (χ2n) is 8.55. The fourth-order valence-electron chi connectivity index (χ4n) is 5.00. The zero-order valence-electron chi connectivity index (χ0n) is 17.8. The van der Waals surface area contributed by atoms with Crippen molar-refractivity contribution in [2.45, 2.75) is 38.6 Å². The van der Waals surface area contributed by atoms with Gasteiger partial charge in [0.25, 0.3) is 0 Å². The molecular weight excluding hydrogens is 386 g/mol. The lowest BCUT2D eigenvalue weighted by molar-refractivity contribution is 0.0695. The molecule has 2 N–H and O–H groups in total. The third-order valence-corrected chi connectivity index (χ3v) is 6.57. The maximum Gasteiger partial charge on any atom is 0.336 e. The van der Waals surface area contributed by atoms with Crippen molar-refractivity contribution in [1.82, 2.24) is 10.3 Å². The van der Waals surface area contributed by atoms with E-state index in [-0.39, 0.29) is 6.04 Å². The third kappa shape index (κ3) is 3.81. The highest BCUT2D eigenvalue weighted by Gasteiger charge is 2.24. The number of hydrogen-bond acceptors (Lipinski definition) is 4. The summed E-state index contributed by atoms with van der Waals surface area (Å²) in [5.41, 5.74) is 9.22. The SMILES string of the molecule is Cc1ccc2c(c1)CCN2c1ccc2c(c1)CCN[C@H]2CCc1cnccc1C(=O)O. The molecule has 0 bridgehead atoms. The molecule has 158 valence electrons. The number of hydrogen-bond donors (Lipinski definition) is 2. The molecular formula is C26H27N3O2. The van der Waals surface area contributed by atoms with E-state index in [9.17, 15) is 9.90 Å². The van der Waals surface area contributed by atoms with Gasteiger partial charge in [-0.15, -0.1) is 0 Å². The minimum Gasteiger partial charge on any atom is -0.478 e. The van der Waals surface area contributed by atoms with Crippen molar-refractivity contribution >= 4 is 17.3 Å². The topological polar surface area (TPSA) is 65.5 Å². The fourth-order valence-corrected chi connectivity index (χ4v) is 5.00. The molecule has 0 radical (unpaired) electrons. The monoisotopic (exact) mass is 413 g/mol. The van der Waals surface area contributed by atoms with E-state index in [4.69, 9.17) is 0 Å². The maximum absolute atomic E-state index is 11.5. The average Bonchev–Trinajstić information content (AvgIpc) is 3.20. The van der Waals surface area contributed by atoms with E-state index in [2.05, 4.69) is 58.5 Å². The molecule has 0 spiro atoms. The summed E-state index contributed by atoms with van der Waals surface area (Å²) in [5, 5.41) is 13.1. The molecule has 2 aliphatic rings. The first-order valence-corrected chi connectivity index (χ1v) is 11.0. The molecule has 1 atom stereocenters. The Balaban J connectivity index is 1.36. The van der Waals surface area contributed by atoms with E-state index in [0.717, 1.165) is 37.9 Å². The molecule has 5 nitrogen and oxygen atoms in total. The predicted octanol–water partition coefficient (Wildman–Crippen LogP) is 4.60. The molecule has 2 aromatic carbocycles. The minimum absolute atomic E-state index is 0.230. The molecule has 3 heterocycles. The number of carboxylic acid groups (broad SMARTS) is 1. The molecule has 1 aromatic heterocycles. The molecule has 31 heavy (non-hydrogen) atoms. The molecule has 0 fully saturated rings. The number of aryl methyl sites for hydroxylation is 2. The van der Waals surface area contributed by atoms with E-state index in [0.29, 0.717) is 12.0 Å². The van der Waals surface area contributed by atoms with Gasteiger partial charge in [-0.25, -0.2) is 4.79 Å². The van der Waals surface area contributed by atoms with E-state index >= 15 is 0 Å². The van der Waals surface area contributed by atoms with E-state index in [1.807, 2.05) is 0 Å². The van der Waals surface area contributed by atoms with Gasteiger partial charge in [-0.2, -0.15) is 0 Å². The summed E-state index contributed by atoms with van der Waals surface area (Å²) in [6.45, 7) is 4.12. The van der Waals surface area contributed by atoms with Gasteiger partial charge in [0.05, 0.1) is 5.56 Å². The van der Waals surface area contributed by atoms with Gasteiger partial charge < -0.3 is 15.3 Å². The van der Waals surface area contributed by atoms with Gasteiger partial charge in [0.2, 0.25) is 0 Å². The lowest BCUT2D eigenvalue weighted by atomic mass is 9.89.